The predicted molar refractivity (Wildman–Crippen MR) is 131 cm³/mol. The molecule has 2 aromatic rings. The molecule has 2 heterocycles. The van der Waals surface area contributed by atoms with Crippen LogP contribution in [0, 0.1) is 0 Å². The zero-order valence-electron chi connectivity index (χ0n) is 20.1. The summed E-state index contributed by atoms with van der Waals surface area (Å²) in [5.74, 6) is 2.51. The SMILES string of the molecule is CCC(C)(C)c1cc(C2=CCC(c3ccc(OCC4CO4)cc3)CC2)ccc1OCC1CO1. The van der Waals surface area contributed by atoms with E-state index in [2.05, 4.69) is 69.3 Å². The zero-order valence-corrected chi connectivity index (χ0v) is 20.1. The van der Waals surface area contributed by atoms with E-state index in [1.807, 2.05) is 0 Å². The van der Waals surface area contributed by atoms with Crippen LogP contribution in [0.5, 0.6) is 11.5 Å². The highest BCUT2D eigenvalue weighted by Gasteiger charge is 2.28. The van der Waals surface area contributed by atoms with Crippen LogP contribution in [0.2, 0.25) is 0 Å². The quantitative estimate of drug-likeness (QED) is 0.401. The van der Waals surface area contributed by atoms with Gasteiger partial charge in [-0.2, -0.15) is 0 Å². The molecular weight excluding hydrogens is 412 g/mol. The molecule has 1 aliphatic carbocycles. The molecule has 0 saturated carbocycles. The van der Waals surface area contributed by atoms with Gasteiger partial charge in [0.1, 0.15) is 36.9 Å². The molecule has 33 heavy (non-hydrogen) atoms. The van der Waals surface area contributed by atoms with Gasteiger partial charge in [0.05, 0.1) is 13.2 Å². The minimum Gasteiger partial charge on any atom is -0.491 e. The summed E-state index contributed by atoms with van der Waals surface area (Å²) in [6.07, 6.45) is 7.43. The van der Waals surface area contributed by atoms with Gasteiger partial charge in [0, 0.05) is 5.56 Å². The van der Waals surface area contributed by atoms with Crippen LogP contribution in [0.25, 0.3) is 5.57 Å². The highest BCUT2D eigenvalue weighted by atomic mass is 16.6. The van der Waals surface area contributed by atoms with Gasteiger partial charge in [0.25, 0.3) is 0 Å². The van der Waals surface area contributed by atoms with E-state index in [1.54, 1.807) is 0 Å². The number of hydrogen-bond acceptors (Lipinski definition) is 4. The van der Waals surface area contributed by atoms with Crippen LogP contribution in [0.15, 0.2) is 48.5 Å². The van der Waals surface area contributed by atoms with Gasteiger partial charge in [-0.15, -0.1) is 0 Å². The van der Waals surface area contributed by atoms with E-state index in [0.717, 1.165) is 44.0 Å². The Morgan fingerprint density at radius 3 is 2.24 bits per heavy atom. The van der Waals surface area contributed by atoms with Crippen molar-refractivity contribution in [2.75, 3.05) is 26.4 Å². The Kier molecular flexibility index (Phi) is 6.49. The number of epoxide rings is 2. The van der Waals surface area contributed by atoms with Gasteiger partial charge in [-0.25, -0.2) is 0 Å². The number of hydrogen-bond donors (Lipinski definition) is 0. The molecule has 3 unspecified atom stereocenters. The Morgan fingerprint density at radius 2 is 1.64 bits per heavy atom. The molecule has 5 rings (SSSR count). The first-order valence-corrected chi connectivity index (χ1v) is 12.4. The highest BCUT2D eigenvalue weighted by molar-refractivity contribution is 5.68. The molecule has 0 radical (unpaired) electrons. The van der Waals surface area contributed by atoms with Gasteiger partial charge < -0.3 is 18.9 Å². The van der Waals surface area contributed by atoms with Crippen LogP contribution in [0.3, 0.4) is 0 Å². The second-order valence-corrected chi connectivity index (χ2v) is 10.3. The van der Waals surface area contributed by atoms with Crippen LogP contribution < -0.4 is 9.47 Å². The average Bonchev–Trinajstić information content (AvgIpc) is 3.77. The van der Waals surface area contributed by atoms with Crippen molar-refractivity contribution in [3.05, 3.63) is 65.2 Å². The van der Waals surface area contributed by atoms with E-state index in [9.17, 15) is 0 Å². The first-order valence-electron chi connectivity index (χ1n) is 12.4. The van der Waals surface area contributed by atoms with Crippen molar-refractivity contribution in [1.82, 2.24) is 0 Å². The summed E-state index contributed by atoms with van der Waals surface area (Å²) in [6, 6.07) is 15.4. The summed E-state index contributed by atoms with van der Waals surface area (Å²) in [6.45, 7) is 9.83. The third kappa shape index (κ3) is 5.62. The van der Waals surface area contributed by atoms with Crippen molar-refractivity contribution < 1.29 is 18.9 Å². The molecule has 3 aliphatic rings. The Balaban J connectivity index is 1.27. The lowest BCUT2D eigenvalue weighted by atomic mass is 9.78. The summed E-state index contributed by atoms with van der Waals surface area (Å²) in [7, 11) is 0. The Morgan fingerprint density at radius 1 is 0.939 bits per heavy atom. The summed E-state index contributed by atoms with van der Waals surface area (Å²) in [5, 5.41) is 0. The first kappa shape index (κ1) is 22.5. The molecule has 0 bridgehead atoms. The second-order valence-electron chi connectivity index (χ2n) is 10.3. The van der Waals surface area contributed by atoms with Crippen molar-refractivity contribution in [2.45, 2.75) is 70.0 Å². The number of benzene rings is 2. The maximum Gasteiger partial charge on any atom is 0.123 e. The molecule has 2 aromatic carbocycles. The molecule has 0 N–H and O–H groups in total. The van der Waals surface area contributed by atoms with E-state index in [4.69, 9.17) is 18.9 Å². The second kappa shape index (κ2) is 9.52. The van der Waals surface area contributed by atoms with Gasteiger partial charge >= 0.3 is 0 Å². The lowest BCUT2D eigenvalue weighted by Crippen LogP contribution is -2.18. The van der Waals surface area contributed by atoms with E-state index in [1.165, 1.54) is 28.7 Å². The molecule has 0 amide bonds. The average molecular weight is 449 g/mol. The maximum absolute atomic E-state index is 6.15. The monoisotopic (exact) mass is 448 g/mol. The summed E-state index contributed by atoms with van der Waals surface area (Å²) >= 11 is 0. The molecule has 2 aliphatic heterocycles. The van der Waals surface area contributed by atoms with E-state index in [0.29, 0.717) is 25.2 Å². The van der Waals surface area contributed by atoms with Crippen LogP contribution in [0.4, 0.5) is 0 Å². The van der Waals surface area contributed by atoms with Crippen molar-refractivity contribution in [3.8, 4) is 11.5 Å². The molecule has 2 fully saturated rings. The number of ether oxygens (including phenoxy) is 4. The largest absolute Gasteiger partial charge is 0.491 e. The third-order valence-electron chi connectivity index (χ3n) is 7.39. The number of allylic oxidation sites excluding steroid dienone is 2. The molecule has 4 nitrogen and oxygen atoms in total. The normalized spacial score (nSPS) is 24.2. The van der Waals surface area contributed by atoms with Crippen molar-refractivity contribution in [1.29, 1.82) is 0 Å². The zero-order chi connectivity index (χ0) is 22.8. The van der Waals surface area contributed by atoms with E-state index >= 15 is 0 Å². The lowest BCUT2D eigenvalue weighted by Gasteiger charge is -2.28. The van der Waals surface area contributed by atoms with Gasteiger partial charge in [-0.1, -0.05) is 45.0 Å². The predicted octanol–water partition coefficient (Wildman–Crippen LogP) is 6.28. The topological polar surface area (TPSA) is 43.5 Å². The van der Waals surface area contributed by atoms with Crippen LogP contribution in [-0.2, 0) is 14.9 Å². The summed E-state index contributed by atoms with van der Waals surface area (Å²) in [5.41, 5.74) is 5.58. The Hall–Kier alpha value is -2.30. The van der Waals surface area contributed by atoms with Crippen LogP contribution in [-0.4, -0.2) is 38.6 Å². The van der Waals surface area contributed by atoms with Crippen molar-refractivity contribution in [2.24, 2.45) is 0 Å². The van der Waals surface area contributed by atoms with Gasteiger partial charge in [0.15, 0.2) is 0 Å². The Labute approximate surface area is 197 Å². The minimum absolute atomic E-state index is 0.0724. The van der Waals surface area contributed by atoms with Crippen LogP contribution >= 0.6 is 0 Å². The van der Waals surface area contributed by atoms with Crippen molar-refractivity contribution in [3.63, 3.8) is 0 Å². The molecule has 0 aromatic heterocycles. The molecule has 4 heteroatoms. The van der Waals surface area contributed by atoms with E-state index in [-0.39, 0.29) is 11.5 Å². The summed E-state index contributed by atoms with van der Waals surface area (Å²) in [4.78, 5) is 0. The third-order valence-corrected chi connectivity index (χ3v) is 7.39. The van der Waals surface area contributed by atoms with Crippen molar-refractivity contribution >= 4 is 5.57 Å². The molecule has 0 spiro atoms. The van der Waals surface area contributed by atoms with Gasteiger partial charge in [-0.05, 0) is 78.0 Å². The first-order chi connectivity index (χ1) is 16.0. The summed E-state index contributed by atoms with van der Waals surface area (Å²) < 4.78 is 22.5. The molecule has 2 saturated heterocycles. The number of rotatable bonds is 10. The smallest absolute Gasteiger partial charge is 0.123 e. The fourth-order valence-electron chi connectivity index (χ4n) is 4.51. The lowest BCUT2D eigenvalue weighted by molar-refractivity contribution is 0.257. The van der Waals surface area contributed by atoms with Gasteiger partial charge in [0.2, 0.25) is 0 Å². The Bertz CT molecular complexity index is 983. The fraction of sp³-hybridized carbons (Fsp3) is 0.517. The molecule has 3 atom stereocenters. The highest BCUT2D eigenvalue weighted by Crippen LogP contribution is 2.40. The fourth-order valence-corrected chi connectivity index (χ4v) is 4.51. The maximum atomic E-state index is 6.15. The minimum atomic E-state index is 0.0724. The molecular formula is C29H36O4. The van der Waals surface area contributed by atoms with Gasteiger partial charge in [-0.3, -0.25) is 0 Å². The van der Waals surface area contributed by atoms with E-state index < -0.39 is 0 Å². The standard InChI is InChI=1S/C29H36O4/c1-4-29(2,3)27-15-23(11-14-28(27)33-19-26-18-32-26)22-7-5-20(6-8-22)21-9-12-24(13-10-21)30-16-25-17-31-25/h7,9-15,20,25-26H,4-6,8,16-19H2,1-3H3. The molecule has 176 valence electrons. The van der Waals surface area contributed by atoms with Crippen LogP contribution in [0.1, 0.15) is 69.1 Å².